The summed E-state index contributed by atoms with van der Waals surface area (Å²) in [5, 5.41) is 4.34. The highest BCUT2D eigenvalue weighted by Gasteiger charge is 2.15. The van der Waals surface area contributed by atoms with E-state index in [1.165, 1.54) is 4.57 Å². The quantitative estimate of drug-likeness (QED) is 0.402. The topological polar surface area (TPSA) is 60.3 Å². The SMILES string of the molecule is COc1ccc2cc(CCc3ccccc3)c(=O)n(CC(=O)Nc3cccc(Cl)c3C)c2c1. The molecule has 0 bridgehead atoms. The fourth-order valence-electron chi connectivity index (χ4n) is 3.87. The fourth-order valence-corrected chi connectivity index (χ4v) is 4.05. The van der Waals surface area contributed by atoms with E-state index in [1.807, 2.05) is 55.5 Å². The third kappa shape index (κ3) is 5.10. The van der Waals surface area contributed by atoms with Gasteiger partial charge in [-0.3, -0.25) is 14.2 Å². The van der Waals surface area contributed by atoms with Gasteiger partial charge in [0.05, 0.1) is 12.6 Å². The number of nitrogens with one attached hydrogen (secondary N) is 1. The van der Waals surface area contributed by atoms with E-state index in [2.05, 4.69) is 5.32 Å². The van der Waals surface area contributed by atoms with Crippen LogP contribution >= 0.6 is 11.6 Å². The number of carbonyl (C=O) groups excluding carboxylic acids is 1. The molecular weight excluding hydrogens is 436 g/mol. The molecule has 3 aromatic carbocycles. The van der Waals surface area contributed by atoms with Gasteiger partial charge in [0, 0.05) is 22.3 Å². The molecular formula is C27H25ClN2O3. The summed E-state index contributed by atoms with van der Waals surface area (Å²) in [7, 11) is 1.58. The van der Waals surface area contributed by atoms with E-state index in [9.17, 15) is 9.59 Å². The van der Waals surface area contributed by atoms with E-state index in [0.29, 0.717) is 34.0 Å². The summed E-state index contributed by atoms with van der Waals surface area (Å²) >= 11 is 6.18. The van der Waals surface area contributed by atoms with Crippen LogP contribution in [0.15, 0.2) is 77.6 Å². The van der Waals surface area contributed by atoms with Crippen LogP contribution in [0.5, 0.6) is 5.75 Å². The molecule has 168 valence electrons. The average Bonchev–Trinajstić information content (AvgIpc) is 2.83. The van der Waals surface area contributed by atoms with Gasteiger partial charge in [0.15, 0.2) is 0 Å². The van der Waals surface area contributed by atoms with Crippen LogP contribution in [0.3, 0.4) is 0 Å². The van der Waals surface area contributed by atoms with Crippen LogP contribution in [0, 0.1) is 6.92 Å². The summed E-state index contributed by atoms with van der Waals surface area (Å²) < 4.78 is 6.87. The highest BCUT2D eigenvalue weighted by Crippen LogP contribution is 2.24. The molecule has 0 aliphatic heterocycles. The second kappa shape index (κ2) is 9.92. The number of aromatic nitrogens is 1. The van der Waals surface area contributed by atoms with Crippen molar-refractivity contribution in [1.29, 1.82) is 0 Å². The van der Waals surface area contributed by atoms with Crippen LogP contribution in [0.2, 0.25) is 5.02 Å². The highest BCUT2D eigenvalue weighted by molar-refractivity contribution is 6.31. The van der Waals surface area contributed by atoms with E-state index in [4.69, 9.17) is 16.3 Å². The maximum absolute atomic E-state index is 13.4. The molecule has 6 heteroatoms. The van der Waals surface area contributed by atoms with Crippen LogP contribution in [0.4, 0.5) is 5.69 Å². The molecule has 33 heavy (non-hydrogen) atoms. The van der Waals surface area contributed by atoms with Gasteiger partial charge in [-0.1, -0.05) is 48.0 Å². The average molecular weight is 461 g/mol. The lowest BCUT2D eigenvalue weighted by Gasteiger charge is -2.15. The lowest BCUT2D eigenvalue weighted by atomic mass is 10.0. The monoisotopic (exact) mass is 460 g/mol. The van der Waals surface area contributed by atoms with E-state index in [1.54, 1.807) is 31.4 Å². The van der Waals surface area contributed by atoms with E-state index >= 15 is 0 Å². The molecule has 0 atom stereocenters. The molecule has 0 saturated carbocycles. The Morgan fingerprint density at radius 3 is 2.55 bits per heavy atom. The van der Waals surface area contributed by atoms with Gasteiger partial charge in [-0.2, -0.15) is 0 Å². The Kier molecular flexibility index (Phi) is 6.80. The molecule has 5 nitrogen and oxygen atoms in total. The molecule has 0 unspecified atom stereocenters. The molecule has 1 N–H and O–H groups in total. The van der Waals surface area contributed by atoms with Gasteiger partial charge in [0.1, 0.15) is 12.3 Å². The Labute approximate surface area is 197 Å². The standard InChI is InChI=1S/C27H25ClN2O3/c1-18-23(28)9-6-10-24(18)29-26(31)17-30-25-16-22(33-2)14-13-20(25)15-21(27(30)32)12-11-19-7-4-3-5-8-19/h3-10,13-16H,11-12,17H2,1-2H3,(H,29,31). The van der Waals surface area contributed by atoms with E-state index in [-0.39, 0.29) is 18.0 Å². The van der Waals surface area contributed by atoms with Crippen LogP contribution in [0.1, 0.15) is 16.7 Å². The van der Waals surface area contributed by atoms with Crippen LogP contribution in [-0.2, 0) is 24.2 Å². The lowest BCUT2D eigenvalue weighted by Crippen LogP contribution is -2.30. The minimum Gasteiger partial charge on any atom is -0.497 e. The number of amides is 1. The van der Waals surface area contributed by atoms with Crippen molar-refractivity contribution < 1.29 is 9.53 Å². The second-order valence-corrected chi connectivity index (χ2v) is 8.34. The van der Waals surface area contributed by atoms with Crippen LogP contribution in [-0.4, -0.2) is 17.6 Å². The number of halogens is 1. The molecule has 0 radical (unpaired) electrons. The Hall–Kier alpha value is -3.57. The number of anilines is 1. The number of hydrogen-bond donors (Lipinski definition) is 1. The Morgan fingerprint density at radius 2 is 1.79 bits per heavy atom. The van der Waals surface area contributed by atoms with Crippen LogP contribution in [0.25, 0.3) is 10.9 Å². The molecule has 1 aromatic heterocycles. The van der Waals surface area contributed by atoms with Crippen molar-refractivity contribution in [2.75, 3.05) is 12.4 Å². The molecule has 4 aromatic rings. The Morgan fingerprint density at radius 1 is 1.00 bits per heavy atom. The summed E-state index contributed by atoms with van der Waals surface area (Å²) in [5.41, 5.74) is 3.71. The van der Waals surface area contributed by atoms with E-state index < -0.39 is 0 Å². The zero-order valence-corrected chi connectivity index (χ0v) is 19.4. The highest BCUT2D eigenvalue weighted by atomic mass is 35.5. The van der Waals surface area contributed by atoms with Gasteiger partial charge >= 0.3 is 0 Å². The van der Waals surface area contributed by atoms with Gasteiger partial charge in [0.2, 0.25) is 5.91 Å². The number of carbonyl (C=O) groups is 1. The number of nitrogens with zero attached hydrogens (tertiary/aromatic N) is 1. The predicted octanol–water partition coefficient (Wildman–Crippen LogP) is 5.40. The second-order valence-electron chi connectivity index (χ2n) is 7.93. The van der Waals surface area contributed by atoms with Crippen molar-refractivity contribution in [3.05, 3.63) is 105 Å². The number of benzene rings is 3. The summed E-state index contributed by atoms with van der Waals surface area (Å²) in [6.45, 7) is 1.72. The third-order valence-electron chi connectivity index (χ3n) is 5.75. The molecule has 0 aliphatic carbocycles. The minimum absolute atomic E-state index is 0.117. The summed E-state index contributed by atoms with van der Waals surface area (Å²) in [6, 6.07) is 22.9. The van der Waals surface area contributed by atoms with Gasteiger partial charge in [-0.25, -0.2) is 0 Å². The number of hydrogen-bond acceptors (Lipinski definition) is 3. The Balaban J connectivity index is 1.69. The number of pyridine rings is 1. The molecule has 4 rings (SSSR count). The molecule has 1 heterocycles. The number of rotatable bonds is 7. The molecule has 1 amide bonds. The predicted molar refractivity (Wildman–Crippen MR) is 133 cm³/mol. The first kappa shape index (κ1) is 22.6. The molecule has 0 spiro atoms. The van der Waals surface area contributed by atoms with Crippen molar-refractivity contribution >= 4 is 34.1 Å². The zero-order valence-electron chi connectivity index (χ0n) is 18.6. The summed E-state index contributed by atoms with van der Waals surface area (Å²) in [6.07, 6.45) is 1.32. The first-order valence-corrected chi connectivity index (χ1v) is 11.1. The summed E-state index contributed by atoms with van der Waals surface area (Å²) in [4.78, 5) is 26.4. The molecule has 0 aliphatic rings. The minimum atomic E-state index is -0.299. The normalized spacial score (nSPS) is 10.9. The number of aryl methyl sites for hydroxylation is 2. The third-order valence-corrected chi connectivity index (χ3v) is 6.16. The van der Waals surface area contributed by atoms with Gasteiger partial charge in [0.25, 0.3) is 5.56 Å². The summed E-state index contributed by atoms with van der Waals surface area (Å²) in [5.74, 6) is 0.325. The zero-order chi connectivity index (χ0) is 23.4. The van der Waals surface area contributed by atoms with Gasteiger partial charge in [-0.15, -0.1) is 0 Å². The largest absolute Gasteiger partial charge is 0.497 e. The maximum atomic E-state index is 13.4. The smallest absolute Gasteiger partial charge is 0.254 e. The van der Waals surface area contributed by atoms with Crippen molar-refractivity contribution in [1.82, 2.24) is 4.57 Å². The van der Waals surface area contributed by atoms with Crippen molar-refractivity contribution in [3.63, 3.8) is 0 Å². The number of methoxy groups -OCH3 is 1. The first-order valence-electron chi connectivity index (χ1n) is 10.8. The number of fused-ring (bicyclic) bond motifs is 1. The van der Waals surface area contributed by atoms with Crippen molar-refractivity contribution in [2.24, 2.45) is 0 Å². The van der Waals surface area contributed by atoms with Crippen molar-refractivity contribution in [3.8, 4) is 5.75 Å². The molecule has 0 saturated heterocycles. The lowest BCUT2D eigenvalue weighted by molar-refractivity contribution is -0.116. The van der Waals surface area contributed by atoms with E-state index in [0.717, 1.165) is 22.9 Å². The molecule has 0 fully saturated rings. The van der Waals surface area contributed by atoms with Gasteiger partial charge < -0.3 is 10.1 Å². The Bertz CT molecular complexity index is 1360. The first-order chi connectivity index (χ1) is 16.0. The maximum Gasteiger partial charge on any atom is 0.254 e. The van der Waals surface area contributed by atoms with Crippen LogP contribution < -0.4 is 15.6 Å². The fraction of sp³-hybridized carbons (Fsp3) is 0.185. The van der Waals surface area contributed by atoms with Crippen molar-refractivity contribution in [2.45, 2.75) is 26.3 Å². The van der Waals surface area contributed by atoms with Gasteiger partial charge in [-0.05, 0) is 66.6 Å². The number of ether oxygens (including phenoxy) is 1.